The standard InChI is InChI=1S/C11H11N3OS/c15-10-5-7(6-13-10)14-11-8-2-4-16-9(8)1-3-12-11/h1-4,7H,5-6H2,(H,12,14)(H,13,15). The Kier molecular flexibility index (Phi) is 2.25. The first kappa shape index (κ1) is 9.59. The number of hydrogen-bond acceptors (Lipinski definition) is 4. The zero-order chi connectivity index (χ0) is 11.0. The van der Waals surface area contributed by atoms with Crippen LogP contribution in [-0.2, 0) is 4.79 Å². The van der Waals surface area contributed by atoms with Crippen molar-refractivity contribution >= 4 is 33.1 Å². The molecule has 0 saturated carbocycles. The molecule has 0 aromatic carbocycles. The lowest BCUT2D eigenvalue weighted by Crippen LogP contribution is -2.22. The van der Waals surface area contributed by atoms with Crippen LogP contribution in [0.15, 0.2) is 23.7 Å². The lowest BCUT2D eigenvalue weighted by atomic mass is 10.2. The second kappa shape index (κ2) is 3.75. The zero-order valence-electron chi connectivity index (χ0n) is 8.56. The van der Waals surface area contributed by atoms with Crippen LogP contribution in [0.1, 0.15) is 6.42 Å². The largest absolute Gasteiger partial charge is 0.365 e. The first-order valence-corrected chi connectivity index (χ1v) is 6.06. The number of amides is 1. The number of thiophene rings is 1. The highest BCUT2D eigenvalue weighted by Gasteiger charge is 2.21. The third-order valence-corrected chi connectivity index (χ3v) is 3.58. The van der Waals surface area contributed by atoms with Gasteiger partial charge in [-0.2, -0.15) is 0 Å². The number of hydrogen-bond donors (Lipinski definition) is 2. The van der Waals surface area contributed by atoms with E-state index in [9.17, 15) is 4.79 Å². The molecule has 5 heteroatoms. The van der Waals surface area contributed by atoms with Gasteiger partial charge in [0.15, 0.2) is 0 Å². The van der Waals surface area contributed by atoms with Crippen molar-refractivity contribution in [2.24, 2.45) is 0 Å². The Morgan fingerprint density at radius 2 is 2.44 bits per heavy atom. The molecule has 16 heavy (non-hydrogen) atoms. The fraction of sp³-hybridized carbons (Fsp3) is 0.273. The van der Waals surface area contributed by atoms with Crippen molar-refractivity contribution in [2.45, 2.75) is 12.5 Å². The van der Waals surface area contributed by atoms with Crippen molar-refractivity contribution in [1.29, 1.82) is 0 Å². The van der Waals surface area contributed by atoms with E-state index in [2.05, 4.69) is 27.1 Å². The van der Waals surface area contributed by atoms with Crippen LogP contribution in [0.3, 0.4) is 0 Å². The molecule has 1 aliphatic rings. The monoisotopic (exact) mass is 233 g/mol. The van der Waals surface area contributed by atoms with E-state index in [1.165, 1.54) is 4.70 Å². The van der Waals surface area contributed by atoms with E-state index in [-0.39, 0.29) is 11.9 Å². The maximum absolute atomic E-state index is 11.1. The minimum Gasteiger partial charge on any atom is -0.365 e. The summed E-state index contributed by atoms with van der Waals surface area (Å²) < 4.78 is 1.22. The van der Waals surface area contributed by atoms with E-state index in [0.29, 0.717) is 13.0 Å². The highest BCUT2D eigenvalue weighted by Crippen LogP contribution is 2.26. The first-order chi connectivity index (χ1) is 7.83. The van der Waals surface area contributed by atoms with Gasteiger partial charge in [0.1, 0.15) is 5.82 Å². The number of rotatable bonds is 2. The molecule has 0 bridgehead atoms. The Balaban J connectivity index is 1.88. The minimum atomic E-state index is 0.106. The van der Waals surface area contributed by atoms with Crippen LogP contribution in [-0.4, -0.2) is 23.5 Å². The Bertz CT molecular complexity index is 537. The molecule has 1 saturated heterocycles. The molecular formula is C11H11N3OS. The van der Waals surface area contributed by atoms with Gasteiger partial charge < -0.3 is 10.6 Å². The summed E-state index contributed by atoms with van der Waals surface area (Å²) in [4.78, 5) is 15.4. The van der Waals surface area contributed by atoms with E-state index in [1.54, 1.807) is 17.5 Å². The first-order valence-electron chi connectivity index (χ1n) is 5.18. The second-order valence-electron chi connectivity index (χ2n) is 3.84. The third-order valence-electron chi connectivity index (χ3n) is 2.70. The normalized spacial score (nSPS) is 20.0. The van der Waals surface area contributed by atoms with Crippen LogP contribution in [0.5, 0.6) is 0 Å². The van der Waals surface area contributed by atoms with Crippen molar-refractivity contribution < 1.29 is 4.79 Å². The number of nitrogens with zero attached hydrogens (tertiary/aromatic N) is 1. The lowest BCUT2D eigenvalue weighted by Gasteiger charge is -2.11. The van der Waals surface area contributed by atoms with Gasteiger partial charge >= 0.3 is 0 Å². The molecule has 1 atom stereocenters. The molecule has 2 N–H and O–H groups in total. The van der Waals surface area contributed by atoms with E-state index < -0.39 is 0 Å². The fourth-order valence-corrected chi connectivity index (χ4v) is 2.69. The molecule has 1 unspecified atom stereocenters. The van der Waals surface area contributed by atoms with Gasteiger partial charge in [0, 0.05) is 29.2 Å². The molecular weight excluding hydrogens is 222 g/mol. The number of pyridine rings is 1. The topological polar surface area (TPSA) is 54.0 Å². The summed E-state index contributed by atoms with van der Waals surface area (Å²) in [5.74, 6) is 0.982. The lowest BCUT2D eigenvalue weighted by molar-refractivity contribution is -0.119. The summed E-state index contributed by atoms with van der Waals surface area (Å²) in [5.41, 5.74) is 0. The minimum absolute atomic E-state index is 0.106. The molecule has 4 nitrogen and oxygen atoms in total. The van der Waals surface area contributed by atoms with Gasteiger partial charge in [-0.05, 0) is 17.5 Å². The average molecular weight is 233 g/mol. The summed E-state index contributed by atoms with van der Waals surface area (Å²) in [6, 6.07) is 4.22. The Morgan fingerprint density at radius 3 is 3.25 bits per heavy atom. The van der Waals surface area contributed by atoms with Gasteiger partial charge in [-0.3, -0.25) is 4.79 Å². The van der Waals surface area contributed by atoms with Gasteiger partial charge in [-0.15, -0.1) is 11.3 Å². The Labute approximate surface area is 96.7 Å². The number of carbonyl (C=O) groups is 1. The summed E-state index contributed by atoms with van der Waals surface area (Å²) in [6.07, 6.45) is 2.33. The molecule has 2 aromatic heterocycles. The van der Waals surface area contributed by atoms with E-state index in [4.69, 9.17) is 0 Å². The van der Waals surface area contributed by atoms with Gasteiger partial charge in [0.25, 0.3) is 0 Å². The third kappa shape index (κ3) is 1.63. The van der Waals surface area contributed by atoms with Crippen LogP contribution >= 0.6 is 11.3 Å². The average Bonchev–Trinajstić information content (AvgIpc) is 2.87. The molecule has 1 aliphatic heterocycles. The van der Waals surface area contributed by atoms with E-state index in [1.807, 2.05) is 6.07 Å². The van der Waals surface area contributed by atoms with Gasteiger partial charge in [0.05, 0.1) is 6.04 Å². The fourth-order valence-electron chi connectivity index (χ4n) is 1.91. The predicted octanol–water partition coefficient (Wildman–Crippen LogP) is 1.60. The van der Waals surface area contributed by atoms with E-state index >= 15 is 0 Å². The quantitative estimate of drug-likeness (QED) is 0.828. The molecule has 0 spiro atoms. The molecule has 1 fully saturated rings. The highest BCUT2D eigenvalue weighted by molar-refractivity contribution is 7.17. The predicted molar refractivity (Wildman–Crippen MR) is 64.7 cm³/mol. The van der Waals surface area contributed by atoms with Crippen molar-refractivity contribution in [3.8, 4) is 0 Å². The number of nitrogens with one attached hydrogen (secondary N) is 2. The molecule has 2 aromatic rings. The smallest absolute Gasteiger partial charge is 0.222 e. The molecule has 0 aliphatic carbocycles. The van der Waals surface area contributed by atoms with Crippen molar-refractivity contribution in [3.63, 3.8) is 0 Å². The highest BCUT2D eigenvalue weighted by atomic mass is 32.1. The molecule has 1 amide bonds. The Morgan fingerprint density at radius 1 is 1.50 bits per heavy atom. The molecule has 3 heterocycles. The van der Waals surface area contributed by atoms with Crippen LogP contribution in [0.2, 0.25) is 0 Å². The molecule has 82 valence electrons. The van der Waals surface area contributed by atoms with Crippen molar-refractivity contribution in [1.82, 2.24) is 10.3 Å². The van der Waals surface area contributed by atoms with Gasteiger partial charge in [0.2, 0.25) is 5.91 Å². The number of anilines is 1. The van der Waals surface area contributed by atoms with Crippen LogP contribution in [0.4, 0.5) is 5.82 Å². The van der Waals surface area contributed by atoms with Crippen LogP contribution < -0.4 is 10.6 Å². The number of aromatic nitrogens is 1. The molecule has 3 rings (SSSR count). The molecule has 0 radical (unpaired) electrons. The maximum atomic E-state index is 11.1. The van der Waals surface area contributed by atoms with Crippen molar-refractivity contribution in [2.75, 3.05) is 11.9 Å². The van der Waals surface area contributed by atoms with E-state index in [0.717, 1.165) is 11.2 Å². The summed E-state index contributed by atoms with van der Waals surface area (Å²) in [5, 5.41) is 9.30. The van der Waals surface area contributed by atoms with Gasteiger partial charge in [-0.25, -0.2) is 4.98 Å². The van der Waals surface area contributed by atoms with Crippen LogP contribution in [0.25, 0.3) is 10.1 Å². The summed E-state index contributed by atoms with van der Waals surface area (Å²) in [6.45, 7) is 0.682. The maximum Gasteiger partial charge on any atom is 0.222 e. The zero-order valence-corrected chi connectivity index (χ0v) is 9.38. The summed E-state index contributed by atoms with van der Waals surface area (Å²) >= 11 is 1.70. The second-order valence-corrected chi connectivity index (χ2v) is 4.79. The Hall–Kier alpha value is -1.62. The number of carbonyl (C=O) groups excluding carboxylic acids is 1. The van der Waals surface area contributed by atoms with Crippen molar-refractivity contribution in [3.05, 3.63) is 23.7 Å². The SMILES string of the molecule is O=C1CC(Nc2nccc3sccc23)CN1. The van der Waals surface area contributed by atoms with Gasteiger partial charge in [-0.1, -0.05) is 0 Å². The number of fused-ring (bicyclic) bond motifs is 1. The van der Waals surface area contributed by atoms with Crippen LogP contribution in [0, 0.1) is 0 Å². The summed E-state index contributed by atoms with van der Waals surface area (Å²) in [7, 11) is 0.